The molecule has 1 aromatic heterocycles. The van der Waals surface area contributed by atoms with Gasteiger partial charge in [-0.2, -0.15) is 0 Å². The van der Waals surface area contributed by atoms with Crippen LogP contribution in [-0.4, -0.2) is 31.6 Å². The lowest BCUT2D eigenvalue weighted by Crippen LogP contribution is -2.38. The lowest BCUT2D eigenvalue weighted by Gasteiger charge is -2.14. The van der Waals surface area contributed by atoms with Gasteiger partial charge in [0, 0.05) is 49.0 Å². The van der Waals surface area contributed by atoms with Crippen molar-refractivity contribution >= 4 is 41.5 Å². The summed E-state index contributed by atoms with van der Waals surface area (Å²) < 4.78 is 5.34. The number of ether oxygens (including phenoxy) is 1. The third-order valence-electron chi connectivity index (χ3n) is 3.32. The first-order valence-corrected chi connectivity index (χ1v) is 7.77. The first-order valence-electron chi connectivity index (χ1n) is 7.39. The fourth-order valence-corrected chi connectivity index (χ4v) is 2.28. The number of hydrogen-bond donors (Lipinski definition) is 2. The number of benzene rings is 1. The van der Waals surface area contributed by atoms with Crippen molar-refractivity contribution < 1.29 is 4.74 Å². The molecule has 0 aliphatic rings. The minimum absolute atomic E-state index is 0. The second-order valence-corrected chi connectivity index (χ2v) is 5.32. The van der Waals surface area contributed by atoms with E-state index in [1.54, 1.807) is 26.4 Å². The summed E-state index contributed by atoms with van der Waals surface area (Å²) in [5, 5.41) is 7.19. The Morgan fingerprint density at radius 2 is 2.08 bits per heavy atom. The van der Waals surface area contributed by atoms with Crippen LogP contribution in [-0.2, 0) is 13.0 Å². The van der Waals surface area contributed by atoms with Gasteiger partial charge in [0.2, 0.25) is 0 Å². The van der Waals surface area contributed by atoms with Crippen molar-refractivity contribution in [1.82, 2.24) is 15.6 Å². The molecule has 0 bridgehead atoms. The summed E-state index contributed by atoms with van der Waals surface area (Å²) in [7, 11) is 3.38. The summed E-state index contributed by atoms with van der Waals surface area (Å²) in [6.07, 6.45) is 2.64. The molecule has 2 aromatic rings. The standard InChI is InChI=1S/C17H21ClN4O.HI/c1-19-17(21-10-8-15-5-3-4-9-20-15)22-12-13-6-7-14(18)11-16(13)23-2;/h3-7,9,11H,8,10,12H2,1-2H3,(H2,19,21,22);1H. The van der Waals surface area contributed by atoms with Crippen LogP contribution in [0.15, 0.2) is 47.6 Å². The number of pyridine rings is 1. The summed E-state index contributed by atoms with van der Waals surface area (Å²) in [5.74, 6) is 1.49. The molecule has 0 radical (unpaired) electrons. The van der Waals surface area contributed by atoms with Gasteiger partial charge in [0.1, 0.15) is 5.75 Å². The van der Waals surface area contributed by atoms with Crippen LogP contribution in [0.4, 0.5) is 0 Å². The van der Waals surface area contributed by atoms with Crippen molar-refractivity contribution in [1.29, 1.82) is 0 Å². The Morgan fingerprint density at radius 3 is 2.75 bits per heavy atom. The maximum Gasteiger partial charge on any atom is 0.191 e. The van der Waals surface area contributed by atoms with E-state index in [9.17, 15) is 0 Å². The Balaban J connectivity index is 0.00000288. The van der Waals surface area contributed by atoms with Gasteiger partial charge in [0.05, 0.1) is 7.11 Å². The van der Waals surface area contributed by atoms with E-state index < -0.39 is 0 Å². The van der Waals surface area contributed by atoms with Gasteiger partial charge in [-0.15, -0.1) is 24.0 Å². The highest BCUT2D eigenvalue weighted by Gasteiger charge is 2.05. The Morgan fingerprint density at radius 1 is 1.25 bits per heavy atom. The van der Waals surface area contributed by atoms with Gasteiger partial charge in [-0.1, -0.05) is 23.7 Å². The highest BCUT2D eigenvalue weighted by molar-refractivity contribution is 14.0. The van der Waals surface area contributed by atoms with Crippen molar-refractivity contribution in [3.8, 4) is 5.75 Å². The number of nitrogens with one attached hydrogen (secondary N) is 2. The number of aliphatic imine (C=N–C) groups is 1. The van der Waals surface area contributed by atoms with Crippen LogP contribution >= 0.6 is 35.6 Å². The average molecular weight is 461 g/mol. The molecule has 0 aliphatic carbocycles. The highest BCUT2D eigenvalue weighted by Crippen LogP contribution is 2.22. The lowest BCUT2D eigenvalue weighted by molar-refractivity contribution is 0.409. The molecule has 0 saturated heterocycles. The van der Waals surface area contributed by atoms with Crippen LogP contribution in [0.25, 0.3) is 0 Å². The minimum Gasteiger partial charge on any atom is -0.496 e. The lowest BCUT2D eigenvalue weighted by atomic mass is 10.2. The first-order chi connectivity index (χ1) is 11.2. The van der Waals surface area contributed by atoms with E-state index in [-0.39, 0.29) is 24.0 Å². The largest absolute Gasteiger partial charge is 0.496 e. The van der Waals surface area contributed by atoms with E-state index in [0.29, 0.717) is 11.6 Å². The van der Waals surface area contributed by atoms with Gasteiger partial charge < -0.3 is 15.4 Å². The van der Waals surface area contributed by atoms with Crippen molar-refractivity contribution in [2.75, 3.05) is 20.7 Å². The van der Waals surface area contributed by atoms with Gasteiger partial charge >= 0.3 is 0 Å². The molecule has 130 valence electrons. The second kappa shape index (κ2) is 11.1. The maximum atomic E-state index is 5.97. The summed E-state index contributed by atoms with van der Waals surface area (Å²) in [6.45, 7) is 1.36. The smallest absolute Gasteiger partial charge is 0.191 e. The van der Waals surface area contributed by atoms with Gasteiger partial charge in [-0.25, -0.2) is 0 Å². The summed E-state index contributed by atoms with van der Waals surface area (Å²) in [6, 6.07) is 11.5. The molecule has 24 heavy (non-hydrogen) atoms. The maximum absolute atomic E-state index is 5.97. The first kappa shape index (κ1) is 20.5. The normalized spacial score (nSPS) is 10.7. The average Bonchev–Trinajstić information content (AvgIpc) is 2.59. The fourth-order valence-electron chi connectivity index (χ4n) is 2.12. The topological polar surface area (TPSA) is 58.5 Å². The van der Waals surface area contributed by atoms with Crippen molar-refractivity contribution in [2.24, 2.45) is 4.99 Å². The monoisotopic (exact) mass is 460 g/mol. The number of nitrogens with zero attached hydrogens (tertiary/aromatic N) is 2. The second-order valence-electron chi connectivity index (χ2n) is 4.88. The predicted molar refractivity (Wildman–Crippen MR) is 110 cm³/mol. The molecule has 2 rings (SSSR count). The Kier molecular flexibility index (Phi) is 9.48. The molecule has 2 N–H and O–H groups in total. The van der Waals surface area contributed by atoms with Crippen molar-refractivity contribution in [3.05, 3.63) is 58.9 Å². The SMILES string of the molecule is CN=C(NCCc1ccccn1)NCc1ccc(Cl)cc1OC.I. The number of guanidine groups is 1. The van der Waals surface area contributed by atoms with Crippen LogP contribution in [0, 0.1) is 0 Å². The molecule has 0 fully saturated rings. The van der Waals surface area contributed by atoms with E-state index in [1.807, 2.05) is 30.3 Å². The minimum atomic E-state index is 0. The summed E-state index contributed by atoms with van der Waals surface area (Å²) >= 11 is 5.97. The summed E-state index contributed by atoms with van der Waals surface area (Å²) in [5.41, 5.74) is 2.07. The fraction of sp³-hybridized carbons (Fsp3) is 0.294. The molecule has 0 amide bonds. The van der Waals surface area contributed by atoms with Crippen LogP contribution in [0.3, 0.4) is 0 Å². The Labute approximate surface area is 164 Å². The molecular formula is C17H22ClIN4O. The summed E-state index contributed by atoms with van der Waals surface area (Å²) in [4.78, 5) is 8.51. The third-order valence-corrected chi connectivity index (χ3v) is 3.55. The molecule has 1 aromatic carbocycles. The third kappa shape index (κ3) is 6.52. The molecule has 0 spiro atoms. The van der Waals surface area contributed by atoms with Crippen LogP contribution in [0.1, 0.15) is 11.3 Å². The predicted octanol–water partition coefficient (Wildman–Crippen LogP) is 3.27. The zero-order valence-electron chi connectivity index (χ0n) is 13.8. The molecular weight excluding hydrogens is 439 g/mol. The molecule has 0 unspecified atom stereocenters. The highest BCUT2D eigenvalue weighted by atomic mass is 127. The van der Waals surface area contributed by atoms with Crippen molar-refractivity contribution in [3.63, 3.8) is 0 Å². The van der Waals surface area contributed by atoms with E-state index in [0.717, 1.165) is 35.9 Å². The van der Waals surface area contributed by atoms with Gasteiger partial charge in [0.25, 0.3) is 0 Å². The molecule has 0 atom stereocenters. The van der Waals surface area contributed by atoms with E-state index in [1.165, 1.54) is 0 Å². The van der Waals surface area contributed by atoms with Gasteiger partial charge in [-0.05, 0) is 24.3 Å². The van der Waals surface area contributed by atoms with Crippen LogP contribution in [0.5, 0.6) is 5.75 Å². The molecule has 1 heterocycles. The van der Waals surface area contributed by atoms with E-state index in [4.69, 9.17) is 16.3 Å². The number of halogens is 2. The molecule has 0 saturated carbocycles. The number of hydrogen-bond acceptors (Lipinski definition) is 3. The van der Waals surface area contributed by atoms with E-state index in [2.05, 4.69) is 20.6 Å². The quantitative estimate of drug-likeness (QED) is 0.395. The Bertz CT molecular complexity index is 652. The zero-order chi connectivity index (χ0) is 16.5. The number of methoxy groups -OCH3 is 1. The zero-order valence-corrected chi connectivity index (χ0v) is 16.8. The Hall–Kier alpha value is -1.54. The van der Waals surface area contributed by atoms with E-state index >= 15 is 0 Å². The number of rotatable bonds is 6. The number of aromatic nitrogens is 1. The molecule has 7 heteroatoms. The van der Waals surface area contributed by atoms with Crippen LogP contribution in [0.2, 0.25) is 5.02 Å². The molecule has 0 aliphatic heterocycles. The van der Waals surface area contributed by atoms with Gasteiger partial charge in [0.15, 0.2) is 5.96 Å². The van der Waals surface area contributed by atoms with Gasteiger partial charge in [-0.3, -0.25) is 9.98 Å². The molecule has 5 nitrogen and oxygen atoms in total. The van der Waals surface area contributed by atoms with Crippen LogP contribution < -0.4 is 15.4 Å². The van der Waals surface area contributed by atoms with Crippen molar-refractivity contribution in [2.45, 2.75) is 13.0 Å².